The Bertz CT molecular complexity index is 136. The Kier molecular flexibility index (Phi) is 7.20. The van der Waals surface area contributed by atoms with Crippen LogP contribution in [-0.2, 0) is 0 Å². The Balaban J connectivity index is 3.84. The first-order valence-electron chi connectivity index (χ1n) is 5.93. The van der Waals surface area contributed by atoms with Crippen LogP contribution < -0.4 is 5.73 Å². The van der Waals surface area contributed by atoms with E-state index in [9.17, 15) is 0 Å². The summed E-state index contributed by atoms with van der Waals surface area (Å²) >= 11 is 0. The molecule has 2 atom stereocenters. The van der Waals surface area contributed by atoms with Crippen LogP contribution in [0.25, 0.3) is 0 Å². The molecule has 0 bridgehead atoms. The molecule has 3 N–H and O–H groups in total. The Morgan fingerprint density at radius 3 is 2.29 bits per heavy atom. The third-order valence-electron chi connectivity index (χ3n) is 3.38. The van der Waals surface area contributed by atoms with Crippen molar-refractivity contribution in [3.8, 4) is 0 Å². The summed E-state index contributed by atoms with van der Waals surface area (Å²) in [4.78, 5) is 0. The summed E-state index contributed by atoms with van der Waals surface area (Å²) < 4.78 is 0. The van der Waals surface area contributed by atoms with Crippen molar-refractivity contribution in [2.75, 3.05) is 6.61 Å². The molecule has 0 aliphatic rings. The van der Waals surface area contributed by atoms with E-state index < -0.39 is 0 Å². The van der Waals surface area contributed by atoms with Crippen molar-refractivity contribution >= 4 is 0 Å². The molecule has 0 saturated carbocycles. The minimum Gasteiger partial charge on any atom is -0.396 e. The van der Waals surface area contributed by atoms with Gasteiger partial charge in [0, 0.05) is 12.6 Å². The van der Waals surface area contributed by atoms with Crippen LogP contribution in [0.5, 0.6) is 0 Å². The Labute approximate surface area is 88.9 Å². The first-order chi connectivity index (χ1) is 6.56. The second kappa shape index (κ2) is 7.24. The van der Waals surface area contributed by atoms with Crippen LogP contribution in [0.1, 0.15) is 59.3 Å². The largest absolute Gasteiger partial charge is 0.396 e. The first-order valence-corrected chi connectivity index (χ1v) is 5.93. The van der Waals surface area contributed by atoms with Gasteiger partial charge < -0.3 is 10.8 Å². The fourth-order valence-electron chi connectivity index (χ4n) is 1.79. The van der Waals surface area contributed by atoms with Gasteiger partial charge in [0.05, 0.1) is 0 Å². The van der Waals surface area contributed by atoms with E-state index in [4.69, 9.17) is 10.8 Å². The van der Waals surface area contributed by atoms with Crippen LogP contribution >= 0.6 is 0 Å². The maximum absolute atomic E-state index is 9.00. The zero-order valence-corrected chi connectivity index (χ0v) is 10.1. The van der Waals surface area contributed by atoms with Gasteiger partial charge in [-0.1, -0.05) is 39.5 Å². The molecule has 0 fully saturated rings. The van der Waals surface area contributed by atoms with Gasteiger partial charge in [-0.2, -0.15) is 0 Å². The SMILES string of the molecule is CCCCCCC(C)(CCO)C(C)N. The second-order valence-corrected chi connectivity index (χ2v) is 4.73. The van der Waals surface area contributed by atoms with E-state index in [2.05, 4.69) is 20.8 Å². The van der Waals surface area contributed by atoms with Gasteiger partial charge in [0.2, 0.25) is 0 Å². The van der Waals surface area contributed by atoms with Gasteiger partial charge in [-0.3, -0.25) is 0 Å². The number of aliphatic hydroxyl groups is 1. The topological polar surface area (TPSA) is 46.2 Å². The van der Waals surface area contributed by atoms with Gasteiger partial charge in [0.1, 0.15) is 0 Å². The minimum absolute atomic E-state index is 0.127. The monoisotopic (exact) mass is 201 g/mol. The second-order valence-electron chi connectivity index (χ2n) is 4.73. The van der Waals surface area contributed by atoms with Crippen molar-refractivity contribution in [2.24, 2.45) is 11.1 Å². The predicted molar refractivity (Wildman–Crippen MR) is 62.2 cm³/mol. The fraction of sp³-hybridized carbons (Fsp3) is 1.00. The van der Waals surface area contributed by atoms with Gasteiger partial charge in [0.25, 0.3) is 0 Å². The summed E-state index contributed by atoms with van der Waals surface area (Å²) in [5.41, 5.74) is 6.09. The van der Waals surface area contributed by atoms with E-state index in [0.29, 0.717) is 0 Å². The first kappa shape index (κ1) is 13.9. The molecule has 0 amide bonds. The molecule has 0 aromatic rings. The van der Waals surface area contributed by atoms with Crippen LogP contribution in [-0.4, -0.2) is 17.8 Å². The zero-order chi connectivity index (χ0) is 11.0. The van der Waals surface area contributed by atoms with E-state index in [1.54, 1.807) is 0 Å². The normalized spacial score (nSPS) is 17.8. The lowest BCUT2D eigenvalue weighted by atomic mass is 9.76. The average molecular weight is 201 g/mol. The highest BCUT2D eigenvalue weighted by Gasteiger charge is 2.27. The summed E-state index contributed by atoms with van der Waals surface area (Å²) in [6.45, 7) is 6.72. The van der Waals surface area contributed by atoms with Gasteiger partial charge in [-0.15, -0.1) is 0 Å². The fourth-order valence-corrected chi connectivity index (χ4v) is 1.79. The Hall–Kier alpha value is -0.0800. The molecule has 0 aliphatic carbocycles. The van der Waals surface area contributed by atoms with Crippen molar-refractivity contribution in [3.63, 3.8) is 0 Å². The molecule has 86 valence electrons. The predicted octanol–water partition coefficient (Wildman–Crippen LogP) is 2.69. The Morgan fingerprint density at radius 1 is 1.21 bits per heavy atom. The van der Waals surface area contributed by atoms with Crippen molar-refractivity contribution < 1.29 is 5.11 Å². The number of nitrogens with two attached hydrogens (primary N) is 1. The molecule has 0 aromatic heterocycles. The van der Waals surface area contributed by atoms with Crippen molar-refractivity contribution in [2.45, 2.75) is 65.3 Å². The van der Waals surface area contributed by atoms with Crippen LogP contribution in [0.15, 0.2) is 0 Å². The molecule has 14 heavy (non-hydrogen) atoms. The number of hydrogen-bond acceptors (Lipinski definition) is 2. The molecule has 2 heteroatoms. The lowest BCUT2D eigenvalue weighted by Crippen LogP contribution is -2.37. The standard InChI is InChI=1S/C12H27NO/c1-4-5-6-7-8-12(3,9-10-14)11(2)13/h11,14H,4-10,13H2,1-3H3. The zero-order valence-electron chi connectivity index (χ0n) is 10.1. The summed E-state index contributed by atoms with van der Waals surface area (Å²) in [6.07, 6.45) is 7.10. The lowest BCUT2D eigenvalue weighted by Gasteiger charge is -2.33. The van der Waals surface area contributed by atoms with Crippen molar-refractivity contribution in [1.29, 1.82) is 0 Å². The van der Waals surface area contributed by atoms with Gasteiger partial charge >= 0.3 is 0 Å². The van der Waals surface area contributed by atoms with E-state index in [1.165, 1.54) is 25.7 Å². The van der Waals surface area contributed by atoms with Crippen LogP contribution in [0, 0.1) is 5.41 Å². The molecule has 0 spiro atoms. The molecule has 0 aromatic carbocycles. The van der Waals surface area contributed by atoms with Gasteiger partial charge in [-0.05, 0) is 25.2 Å². The highest BCUT2D eigenvalue weighted by Crippen LogP contribution is 2.31. The van der Waals surface area contributed by atoms with E-state index in [1.807, 2.05) is 0 Å². The molecule has 0 heterocycles. The van der Waals surface area contributed by atoms with Crippen LogP contribution in [0.2, 0.25) is 0 Å². The molecule has 0 aliphatic heterocycles. The molecule has 0 saturated heterocycles. The minimum atomic E-state index is 0.127. The molecular weight excluding hydrogens is 174 g/mol. The van der Waals surface area contributed by atoms with E-state index in [0.717, 1.165) is 12.8 Å². The highest BCUT2D eigenvalue weighted by atomic mass is 16.3. The van der Waals surface area contributed by atoms with Crippen LogP contribution in [0.4, 0.5) is 0 Å². The maximum Gasteiger partial charge on any atom is 0.0436 e. The van der Waals surface area contributed by atoms with E-state index >= 15 is 0 Å². The molecule has 0 radical (unpaired) electrons. The summed E-state index contributed by atoms with van der Waals surface area (Å²) in [7, 11) is 0. The lowest BCUT2D eigenvalue weighted by molar-refractivity contribution is 0.157. The van der Waals surface area contributed by atoms with Crippen molar-refractivity contribution in [3.05, 3.63) is 0 Å². The quantitative estimate of drug-likeness (QED) is 0.593. The smallest absolute Gasteiger partial charge is 0.0436 e. The third kappa shape index (κ3) is 4.97. The molecule has 2 nitrogen and oxygen atoms in total. The van der Waals surface area contributed by atoms with E-state index in [-0.39, 0.29) is 18.1 Å². The number of aliphatic hydroxyl groups excluding tert-OH is 1. The molecular formula is C12H27NO. The maximum atomic E-state index is 9.00. The number of unbranched alkanes of at least 4 members (excludes halogenated alkanes) is 3. The summed E-state index contributed by atoms with van der Waals surface area (Å²) in [6, 6.07) is 0.177. The van der Waals surface area contributed by atoms with Crippen LogP contribution in [0.3, 0.4) is 0 Å². The Morgan fingerprint density at radius 2 is 1.86 bits per heavy atom. The number of hydrogen-bond donors (Lipinski definition) is 2. The number of rotatable bonds is 8. The molecule has 0 rings (SSSR count). The third-order valence-corrected chi connectivity index (χ3v) is 3.38. The highest BCUT2D eigenvalue weighted by molar-refractivity contribution is 4.82. The van der Waals surface area contributed by atoms with Gasteiger partial charge in [0.15, 0.2) is 0 Å². The molecule has 2 unspecified atom stereocenters. The van der Waals surface area contributed by atoms with Gasteiger partial charge in [-0.25, -0.2) is 0 Å². The van der Waals surface area contributed by atoms with Crippen molar-refractivity contribution in [1.82, 2.24) is 0 Å². The average Bonchev–Trinajstić information content (AvgIpc) is 2.13. The summed E-state index contributed by atoms with van der Waals surface area (Å²) in [5.74, 6) is 0. The summed E-state index contributed by atoms with van der Waals surface area (Å²) in [5, 5.41) is 9.00.